The first-order chi connectivity index (χ1) is 15.3. The number of methoxy groups -OCH3 is 1. The summed E-state index contributed by atoms with van der Waals surface area (Å²) < 4.78 is 13.2. The Balaban J connectivity index is 1.28. The van der Waals surface area contributed by atoms with Crippen molar-refractivity contribution in [1.82, 2.24) is 9.80 Å². The van der Waals surface area contributed by atoms with Crippen LogP contribution >= 0.6 is 0 Å². The summed E-state index contributed by atoms with van der Waals surface area (Å²) in [4.78, 5) is 5.11. The Hall–Kier alpha value is -0.420. The van der Waals surface area contributed by atoms with E-state index in [1.54, 1.807) is 5.57 Å². The quantitative estimate of drug-likeness (QED) is 0.528. The molecule has 5 fully saturated rings. The summed E-state index contributed by atoms with van der Waals surface area (Å²) in [6, 6.07) is 0. The first kappa shape index (κ1) is 22.1. The second kappa shape index (κ2) is 7.29. The third-order valence-electron chi connectivity index (χ3n) is 12.0. The number of hydrogen-bond donors (Lipinski definition) is 0. The van der Waals surface area contributed by atoms with E-state index in [4.69, 9.17) is 9.47 Å². The van der Waals surface area contributed by atoms with Crippen LogP contribution in [0.2, 0.25) is 0 Å². The van der Waals surface area contributed by atoms with Gasteiger partial charge in [-0.05, 0) is 88.6 Å². The molecule has 0 unspecified atom stereocenters. The molecule has 0 amide bonds. The molecule has 0 aromatic carbocycles. The molecule has 4 aliphatic carbocycles. The van der Waals surface area contributed by atoms with E-state index >= 15 is 0 Å². The van der Waals surface area contributed by atoms with Gasteiger partial charge in [-0.15, -0.1) is 0 Å². The molecule has 0 radical (unpaired) electrons. The van der Waals surface area contributed by atoms with Gasteiger partial charge in [0, 0.05) is 45.0 Å². The van der Waals surface area contributed by atoms with Gasteiger partial charge in [-0.3, -0.25) is 4.90 Å². The second-order valence-corrected chi connectivity index (χ2v) is 13.1. The summed E-state index contributed by atoms with van der Waals surface area (Å²) in [5.74, 6) is 2.54. The lowest BCUT2D eigenvalue weighted by Crippen LogP contribution is -2.56. The molecule has 4 nitrogen and oxygen atoms in total. The Morgan fingerprint density at radius 1 is 0.969 bits per heavy atom. The lowest BCUT2D eigenvalue weighted by Gasteiger charge is -2.59. The van der Waals surface area contributed by atoms with Crippen LogP contribution in [0.25, 0.3) is 0 Å². The fourth-order valence-corrected chi connectivity index (χ4v) is 9.80. The number of rotatable bonds is 1. The second-order valence-electron chi connectivity index (χ2n) is 13.1. The number of likely N-dealkylation sites (N-methyl/N-ethyl adjacent to an activating group) is 1. The third-order valence-corrected chi connectivity index (χ3v) is 12.0. The molecule has 0 N–H and O–H groups in total. The molecule has 2 saturated heterocycles. The van der Waals surface area contributed by atoms with Crippen molar-refractivity contribution < 1.29 is 9.47 Å². The van der Waals surface area contributed by atoms with E-state index in [0.29, 0.717) is 16.9 Å². The Bertz CT molecular complexity index is 788. The molecular weight excluding hydrogens is 396 g/mol. The van der Waals surface area contributed by atoms with E-state index in [0.717, 1.165) is 24.3 Å². The van der Waals surface area contributed by atoms with Crippen LogP contribution in [0.1, 0.15) is 78.1 Å². The number of ether oxygens (including phenoxy) is 2. The van der Waals surface area contributed by atoms with Crippen molar-refractivity contribution in [2.75, 3.05) is 40.8 Å². The molecule has 3 saturated carbocycles. The monoisotopic (exact) mass is 442 g/mol. The van der Waals surface area contributed by atoms with E-state index < -0.39 is 0 Å². The van der Waals surface area contributed by atoms with Gasteiger partial charge in [-0.2, -0.15) is 0 Å². The van der Waals surface area contributed by atoms with Crippen molar-refractivity contribution in [3.63, 3.8) is 0 Å². The van der Waals surface area contributed by atoms with Gasteiger partial charge in [0.1, 0.15) is 5.72 Å². The summed E-state index contributed by atoms with van der Waals surface area (Å²) in [6.45, 7) is 8.74. The average molecular weight is 443 g/mol. The van der Waals surface area contributed by atoms with Crippen LogP contribution in [0.5, 0.6) is 0 Å². The molecule has 7 atom stereocenters. The summed E-state index contributed by atoms with van der Waals surface area (Å²) in [5.41, 5.74) is 2.55. The number of nitrogens with zero attached hydrogens (tertiary/aromatic N) is 2. The summed E-state index contributed by atoms with van der Waals surface area (Å²) in [7, 11) is 6.52. The van der Waals surface area contributed by atoms with Gasteiger partial charge < -0.3 is 14.4 Å². The highest BCUT2D eigenvalue weighted by molar-refractivity contribution is 5.27. The summed E-state index contributed by atoms with van der Waals surface area (Å²) in [5, 5.41) is 0. The maximum absolute atomic E-state index is 7.38. The fourth-order valence-electron chi connectivity index (χ4n) is 9.80. The van der Waals surface area contributed by atoms with E-state index in [1.165, 1.54) is 77.3 Å². The van der Waals surface area contributed by atoms with Crippen molar-refractivity contribution in [3.05, 3.63) is 11.6 Å². The molecule has 2 heterocycles. The molecular formula is C28H46N2O2. The topological polar surface area (TPSA) is 24.9 Å². The molecule has 0 aromatic rings. The minimum absolute atomic E-state index is 0.00852. The van der Waals surface area contributed by atoms with Crippen molar-refractivity contribution in [3.8, 4) is 0 Å². The zero-order valence-electron chi connectivity index (χ0n) is 21.3. The largest absolute Gasteiger partial charge is 0.381 e. The van der Waals surface area contributed by atoms with Gasteiger partial charge in [-0.1, -0.05) is 25.5 Å². The van der Waals surface area contributed by atoms with Crippen molar-refractivity contribution in [2.45, 2.75) is 95.5 Å². The molecule has 4 heteroatoms. The maximum Gasteiger partial charge on any atom is 0.124 e. The van der Waals surface area contributed by atoms with Gasteiger partial charge in [-0.25, -0.2) is 0 Å². The number of piperidine rings is 1. The van der Waals surface area contributed by atoms with Gasteiger partial charge in [0.25, 0.3) is 0 Å². The van der Waals surface area contributed by atoms with Crippen LogP contribution in [-0.2, 0) is 9.47 Å². The van der Waals surface area contributed by atoms with Crippen LogP contribution < -0.4 is 0 Å². The average Bonchev–Trinajstić information content (AvgIpc) is 3.22. The fraction of sp³-hybridized carbons (Fsp3) is 0.929. The Morgan fingerprint density at radius 3 is 2.47 bits per heavy atom. The first-order valence-electron chi connectivity index (χ1n) is 13.6. The molecule has 180 valence electrons. The number of likely N-dealkylation sites (tertiary alicyclic amines) is 1. The van der Waals surface area contributed by atoms with Crippen LogP contribution in [0.3, 0.4) is 0 Å². The molecule has 2 aliphatic heterocycles. The zero-order chi connectivity index (χ0) is 22.4. The zero-order valence-corrected chi connectivity index (χ0v) is 21.3. The van der Waals surface area contributed by atoms with Crippen LogP contribution in [-0.4, -0.2) is 68.1 Å². The van der Waals surface area contributed by atoms with E-state index in [-0.39, 0.29) is 11.3 Å². The molecule has 0 bridgehead atoms. The molecule has 2 spiro atoms. The molecule has 32 heavy (non-hydrogen) atoms. The van der Waals surface area contributed by atoms with Crippen molar-refractivity contribution in [2.24, 2.45) is 28.6 Å². The van der Waals surface area contributed by atoms with E-state index in [9.17, 15) is 0 Å². The number of fused-ring (bicyclic) bond motifs is 6. The lowest BCUT2D eigenvalue weighted by molar-refractivity contribution is -0.203. The highest BCUT2D eigenvalue weighted by atomic mass is 16.6. The van der Waals surface area contributed by atoms with Crippen molar-refractivity contribution in [1.29, 1.82) is 0 Å². The van der Waals surface area contributed by atoms with Gasteiger partial charge in [0.2, 0.25) is 0 Å². The normalized spacial score (nSPS) is 50.8. The Kier molecular flexibility index (Phi) is 5.03. The van der Waals surface area contributed by atoms with Gasteiger partial charge in [0.15, 0.2) is 0 Å². The Morgan fingerprint density at radius 2 is 1.72 bits per heavy atom. The Labute approximate surface area is 196 Å². The van der Waals surface area contributed by atoms with Crippen molar-refractivity contribution >= 4 is 0 Å². The first-order valence-corrected chi connectivity index (χ1v) is 13.6. The standard InChI is InChI=1S/C28H46N2O2/c1-25-11-8-21(31-5)18-20(25)6-7-22-23(25)9-12-26(2)24(22)10-13-27(26)19-30(4)28(32-27)14-16-29(3)17-15-28/h6,21-24H,7-19H2,1-5H3/t21-,22+,23-,24+,25-,26-,27-/m0/s1. The third kappa shape index (κ3) is 2.82. The highest BCUT2D eigenvalue weighted by Gasteiger charge is 2.69. The molecule has 6 aliphatic rings. The minimum atomic E-state index is -0.00852. The predicted octanol–water partition coefficient (Wildman–Crippen LogP) is 5.09. The van der Waals surface area contributed by atoms with E-state index in [1.807, 2.05) is 7.11 Å². The lowest BCUT2D eigenvalue weighted by atomic mass is 9.47. The van der Waals surface area contributed by atoms with Crippen LogP contribution in [0.4, 0.5) is 0 Å². The van der Waals surface area contributed by atoms with Gasteiger partial charge in [0.05, 0.1) is 11.7 Å². The van der Waals surface area contributed by atoms with Crippen LogP contribution in [0, 0.1) is 28.6 Å². The summed E-state index contributed by atoms with van der Waals surface area (Å²) in [6.07, 6.45) is 15.9. The smallest absolute Gasteiger partial charge is 0.124 e. The minimum Gasteiger partial charge on any atom is -0.381 e. The molecule has 0 aromatic heterocycles. The number of allylic oxidation sites excluding steroid dienone is 1. The highest BCUT2D eigenvalue weighted by Crippen LogP contribution is 2.69. The maximum atomic E-state index is 7.38. The molecule has 6 rings (SSSR count). The SMILES string of the molecule is CO[C@H]1CC[C@@]2(C)C(=CC[C@H]3[C@H]4CC[C@]5(CN(C)C6(CCN(C)CC6)O5)[C@@]4(C)CC[C@@H]32)C1. The number of hydrogen-bond acceptors (Lipinski definition) is 4. The predicted molar refractivity (Wildman–Crippen MR) is 128 cm³/mol. The summed E-state index contributed by atoms with van der Waals surface area (Å²) >= 11 is 0. The van der Waals surface area contributed by atoms with E-state index in [2.05, 4.69) is 43.8 Å². The van der Waals surface area contributed by atoms with Crippen LogP contribution in [0.15, 0.2) is 11.6 Å². The van der Waals surface area contributed by atoms with Gasteiger partial charge >= 0.3 is 0 Å².